The SMILES string of the molecule is COc1nnc(NC(=O)N2C[C@@H](C)O[C@H](c3ccsc3)C2)s1. The summed E-state index contributed by atoms with van der Waals surface area (Å²) in [6.07, 6.45) is -0.113. The van der Waals surface area contributed by atoms with Crippen LogP contribution in [0.4, 0.5) is 9.93 Å². The predicted molar refractivity (Wildman–Crippen MR) is 84.7 cm³/mol. The Labute approximate surface area is 135 Å². The van der Waals surface area contributed by atoms with Crippen LogP contribution in [0, 0.1) is 0 Å². The van der Waals surface area contributed by atoms with Gasteiger partial charge in [0, 0.05) is 6.54 Å². The second kappa shape index (κ2) is 6.59. The molecule has 1 saturated heterocycles. The highest BCUT2D eigenvalue weighted by atomic mass is 32.1. The Morgan fingerprint density at radius 3 is 3.05 bits per heavy atom. The van der Waals surface area contributed by atoms with Gasteiger partial charge in [0.25, 0.3) is 5.19 Å². The molecule has 3 heterocycles. The molecule has 0 aromatic carbocycles. The minimum Gasteiger partial charge on any atom is -0.472 e. The molecule has 2 aromatic heterocycles. The molecular formula is C13H16N4O3S2. The van der Waals surface area contributed by atoms with Gasteiger partial charge in [-0.3, -0.25) is 5.32 Å². The van der Waals surface area contributed by atoms with Crippen LogP contribution in [0.15, 0.2) is 16.8 Å². The number of carbonyl (C=O) groups is 1. The Morgan fingerprint density at radius 2 is 2.36 bits per heavy atom. The van der Waals surface area contributed by atoms with Crippen molar-refractivity contribution in [3.05, 3.63) is 22.4 Å². The number of hydrogen-bond donors (Lipinski definition) is 1. The van der Waals surface area contributed by atoms with Gasteiger partial charge in [-0.05, 0) is 40.7 Å². The van der Waals surface area contributed by atoms with E-state index in [0.717, 1.165) is 5.56 Å². The highest BCUT2D eigenvalue weighted by molar-refractivity contribution is 7.17. The first kappa shape index (κ1) is 15.2. The summed E-state index contributed by atoms with van der Waals surface area (Å²) >= 11 is 2.81. The Hall–Kier alpha value is -1.71. The molecule has 1 fully saturated rings. The number of methoxy groups -OCH3 is 1. The van der Waals surface area contributed by atoms with E-state index in [4.69, 9.17) is 9.47 Å². The number of anilines is 1. The van der Waals surface area contributed by atoms with Crippen LogP contribution < -0.4 is 10.1 Å². The molecule has 0 aliphatic carbocycles. The summed E-state index contributed by atoms with van der Waals surface area (Å²) in [7, 11) is 1.52. The van der Waals surface area contributed by atoms with Gasteiger partial charge in [-0.2, -0.15) is 11.3 Å². The largest absolute Gasteiger partial charge is 0.472 e. The van der Waals surface area contributed by atoms with Crippen LogP contribution in [0.1, 0.15) is 18.6 Å². The summed E-state index contributed by atoms with van der Waals surface area (Å²) in [6.45, 7) is 3.03. The van der Waals surface area contributed by atoms with Crippen molar-refractivity contribution in [2.45, 2.75) is 19.1 Å². The maximum absolute atomic E-state index is 12.4. The van der Waals surface area contributed by atoms with Gasteiger partial charge in [0.15, 0.2) is 0 Å². The topological polar surface area (TPSA) is 76.6 Å². The van der Waals surface area contributed by atoms with Crippen LogP contribution >= 0.6 is 22.7 Å². The second-order valence-electron chi connectivity index (χ2n) is 4.90. The van der Waals surface area contributed by atoms with Crippen molar-refractivity contribution in [2.75, 3.05) is 25.5 Å². The first-order valence-electron chi connectivity index (χ1n) is 6.76. The molecule has 2 aromatic rings. The summed E-state index contributed by atoms with van der Waals surface area (Å²) in [5.74, 6) is 0. The zero-order valence-corrected chi connectivity index (χ0v) is 13.8. The van der Waals surface area contributed by atoms with E-state index in [2.05, 4.69) is 20.9 Å². The van der Waals surface area contributed by atoms with Gasteiger partial charge in [-0.25, -0.2) is 4.79 Å². The van der Waals surface area contributed by atoms with E-state index in [1.807, 2.05) is 18.4 Å². The maximum Gasteiger partial charge on any atom is 0.323 e. The van der Waals surface area contributed by atoms with Crippen LogP contribution in [0.2, 0.25) is 0 Å². The molecule has 1 N–H and O–H groups in total. The summed E-state index contributed by atoms with van der Waals surface area (Å²) in [4.78, 5) is 14.1. The third-order valence-corrected chi connectivity index (χ3v) is 4.76. The van der Waals surface area contributed by atoms with Gasteiger partial charge in [0.1, 0.15) is 6.10 Å². The van der Waals surface area contributed by atoms with E-state index >= 15 is 0 Å². The van der Waals surface area contributed by atoms with Crippen LogP contribution in [0.5, 0.6) is 5.19 Å². The van der Waals surface area contributed by atoms with Crippen LogP contribution in [0.25, 0.3) is 0 Å². The lowest BCUT2D eigenvalue weighted by molar-refractivity contribution is -0.0640. The number of morpholine rings is 1. The molecule has 22 heavy (non-hydrogen) atoms. The number of amides is 2. The minimum atomic E-state index is -0.200. The van der Waals surface area contributed by atoms with E-state index in [1.54, 1.807) is 16.2 Å². The van der Waals surface area contributed by atoms with E-state index in [9.17, 15) is 4.79 Å². The molecular weight excluding hydrogens is 324 g/mol. The number of urea groups is 1. The molecule has 2 amide bonds. The van der Waals surface area contributed by atoms with Gasteiger partial charge in [0.05, 0.1) is 19.8 Å². The number of thiophene rings is 1. The lowest BCUT2D eigenvalue weighted by Crippen LogP contribution is -2.47. The first-order valence-corrected chi connectivity index (χ1v) is 8.52. The Balaban J connectivity index is 1.66. The molecule has 0 unspecified atom stereocenters. The van der Waals surface area contributed by atoms with E-state index in [0.29, 0.717) is 23.4 Å². The fourth-order valence-electron chi connectivity index (χ4n) is 2.27. The third-order valence-electron chi connectivity index (χ3n) is 3.26. The maximum atomic E-state index is 12.4. The zero-order chi connectivity index (χ0) is 15.5. The number of rotatable bonds is 3. The van der Waals surface area contributed by atoms with Gasteiger partial charge in [-0.1, -0.05) is 5.10 Å². The molecule has 118 valence electrons. The van der Waals surface area contributed by atoms with E-state index < -0.39 is 0 Å². The number of aromatic nitrogens is 2. The van der Waals surface area contributed by atoms with Crippen LogP contribution in [0.3, 0.4) is 0 Å². The van der Waals surface area contributed by atoms with Crippen molar-refractivity contribution in [1.82, 2.24) is 15.1 Å². The Morgan fingerprint density at radius 1 is 1.50 bits per heavy atom. The number of nitrogens with zero attached hydrogens (tertiary/aromatic N) is 3. The summed E-state index contributed by atoms with van der Waals surface area (Å²) in [6, 6.07) is 1.83. The van der Waals surface area contributed by atoms with E-state index in [-0.39, 0.29) is 18.2 Å². The average Bonchev–Trinajstić information content (AvgIpc) is 3.18. The van der Waals surface area contributed by atoms with E-state index in [1.165, 1.54) is 18.4 Å². The average molecular weight is 340 g/mol. The lowest BCUT2D eigenvalue weighted by atomic mass is 10.1. The molecule has 1 aliphatic rings. The molecule has 0 spiro atoms. The Bertz CT molecular complexity index is 631. The van der Waals surface area contributed by atoms with Crippen LogP contribution in [-0.4, -0.2) is 47.4 Å². The molecule has 7 nitrogen and oxygen atoms in total. The number of ether oxygens (including phenoxy) is 2. The highest BCUT2D eigenvalue weighted by Gasteiger charge is 2.30. The zero-order valence-electron chi connectivity index (χ0n) is 12.2. The number of hydrogen-bond acceptors (Lipinski definition) is 7. The molecule has 0 bridgehead atoms. The predicted octanol–water partition coefficient (Wildman–Crippen LogP) is 2.60. The molecule has 3 rings (SSSR count). The first-order chi connectivity index (χ1) is 10.7. The normalized spacial score (nSPS) is 21.6. The molecule has 0 radical (unpaired) electrons. The van der Waals surface area contributed by atoms with Crippen molar-refractivity contribution >= 4 is 33.8 Å². The Kier molecular flexibility index (Phi) is 4.55. The number of carbonyl (C=O) groups excluding carboxylic acids is 1. The number of nitrogens with one attached hydrogen (secondary N) is 1. The van der Waals surface area contributed by atoms with Crippen LogP contribution in [-0.2, 0) is 4.74 Å². The summed E-state index contributed by atoms with van der Waals surface area (Å²) < 4.78 is 10.9. The van der Waals surface area contributed by atoms with Crippen molar-refractivity contribution < 1.29 is 14.3 Å². The van der Waals surface area contributed by atoms with Crippen molar-refractivity contribution in [2.24, 2.45) is 0 Å². The molecule has 1 aliphatic heterocycles. The third kappa shape index (κ3) is 3.37. The van der Waals surface area contributed by atoms with Gasteiger partial charge < -0.3 is 14.4 Å². The highest BCUT2D eigenvalue weighted by Crippen LogP contribution is 2.28. The lowest BCUT2D eigenvalue weighted by Gasteiger charge is -2.36. The molecule has 2 atom stereocenters. The summed E-state index contributed by atoms with van der Waals surface area (Å²) in [5.41, 5.74) is 1.10. The van der Waals surface area contributed by atoms with Crippen molar-refractivity contribution in [3.63, 3.8) is 0 Å². The quantitative estimate of drug-likeness (QED) is 0.929. The second-order valence-corrected chi connectivity index (χ2v) is 6.62. The molecule has 0 saturated carbocycles. The summed E-state index contributed by atoms with van der Waals surface area (Å²) in [5, 5.41) is 15.3. The fourth-order valence-corrected chi connectivity index (χ4v) is 3.52. The van der Waals surface area contributed by atoms with Crippen molar-refractivity contribution in [1.29, 1.82) is 0 Å². The van der Waals surface area contributed by atoms with Gasteiger partial charge in [-0.15, -0.1) is 5.10 Å². The van der Waals surface area contributed by atoms with Gasteiger partial charge in [0.2, 0.25) is 5.13 Å². The van der Waals surface area contributed by atoms with Gasteiger partial charge >= 0.3 is 6.03 Å². The monoisotopic (exact) mass is 340 g/mol. The minimum absolute atomic E-state index is 0.0200. The smallest absolute Gasteiger partial charge is 0.323 e. The fraction of sp³-hybridized carbons (Fsp3) is 0.462. The standard InChI is InChI=1S/C13H16N4O3S2/c1-8-5-17(6-10(20-8)9-3-4-21-7-9)12(18)14-11-15-16-13(19-2)22-11/h3-4,7-8,10H,5-6H2,1-2H3,(H,14,15,18)/t8-,10+/m1/s1. The molecule has 9 heteroatoms. The van der Waals surface area contributed by atoms with Crippen molar-refractivity contribution in [3.8, 4) is 5.19 Å².